The molecule has 170 valence electrons. The van der Waals surface area contributed by atoms with Crippen molar-refractivity contribution in [2.75, 3.05) is 71.2 Å². The van der Waals surface area contributed by atoms with Crippen LogP contribution in [0.2, 0.25) is 0 Å². The van der Waals surface area contributed by atoms with Gasteiger partial charge in [0.25, 0.3) is 0 Å². The van der Waals surface area contributed by atoms with Crippen LogP contribution in [0.25, 0.3) is 0 Å². The molecule has 0 aliphatic carbocycles. The molecule has 0 aromatic heterocycles. The highest BCUT2D eigenvalue weighted by atomic mass is 32.2. The van der Waals surface area contributed by atoms with Crippen LogP contribution >= 0.6 is 0 Å². The molecule has 0 radical (unpaired) electrons. The maximum absolute atomic E-state index is 12.4. The van der Waals surface area contributed by atoms with Crippen molar-refractivity contribution in [3.05, 3.63) is 11.2 Å². The van der Waals surface area contributed by atoms with Crippen molar-refractivity contribution in [1.29, 1.82) is 5.26 Å². The Balaban J connectivity index is 1.54. The molecular formula is C22H39N5O2S. The van der Waals surface area contributed by atoms with E-state index in [-0.39, 0.29) is 0 Å². The predicted octanol–water partition coefficient (Wildman–Crippen LogP) is 2.09. The lowest BCUT2D eigenvalue weighted by Crippen LogP contribution is -2.34. The smallest absolute Gasteiger partial charge is 0.188 e. The van der Waals surface area contributed by atoms with Gasteiger partial charge in [-0.25, -0.2) is 8.42 Å². The number of sulfone groups is 1. The number of likely N-dealkylation sites (tertiary alicyclic amines) is 2. The lowest BCUT2D eigenvalue weighted by atomic mass is 10.1. The summed E-state index contributed by atoms with van der Waals surface area (Å²) in [4.78, 5) is 9.51. The molecule has 3 rings (SSSR count). The third-order valence-corrected chi connectivity index (χ3v) is 7.64. The topological polar surface area (TPSA) is 70.9 Å². The van der Waals surface area contributed by atoms with E-state index in [0.717, 1.165) is 57.9 Å². The first-order valence-electron chi connectivity index (χ1n) is 11.8. The van der Waals surface area contributed by atoms with Crippen molar-refractivity contribution >= 4 is 9.84 Å². The summed E-state index contributed by atoms with van der Waals surface area (Å²) in [6.07, 6.45) is 9.99. The summed E-state index contributed by atoms with van der Waals surface area (Å²) in [7, 11) is -3.50. The molecule has 0 saturated carbocycles. The highest BCUT2D eigenvalue weighted by molar-refractivity contribution is 7.94. The third-order valence-electron chi connectivity index (χ3n) is 6.54. The Labute approximate surface area is 183 Å². The normalized spacial score (nSPS) is 21.8. The predicted molar refractivity (Wildman–Crippen MR) is 120 cm³/mol. The van der Waals surface area contributed by atoms with Crippen molar-refractivity contribution in [3.8, 4) is 6.07 Å². The van der Waals surface area contributed by atoms with E-state index < -0.39 is 15.6 Å². The molecule has 3 saturated heterocycles. The fourth-order valence-electron chi connectivity index (χ4n) is 4.90. The van der Waals surface area contributed by atoms with Gasteiger partial charge in [0, 0.05) is 26.2 Å². The van der Waals surface area contributed by atoms with E-state index in [0.29, 0.717) is 0 Å². The Hall–Kier alpha value is -1.30. The molecule has 30 heavy (non-hydrogen) atoms. The number of rotatable bonds is 10. The van der Waals surface area contributed by atoms with Crippen LogP contribution in [0, 0.1) is 11.3 Å². The summed E-state index contributed by atoms with van der Waals surface area (Å²) in [5, 5.41) is 10.2. The van der Waals surface area contributed by atoms with E-state index in [4.69, 9.17) is 5.26 Å². The zero-order valence-electron chi connectivity index (χ0n) is 18.5. The minimum atomic E-state index is -3.50. The molecule has 3 aliphatic heterocycles. The summed E-state index contributed by atoms with van der Waals surface area (Å²) in [5.74, 6) is 0.363. The van der Waals surface area contributed by atoms with E-state index in [1.807, 2.05) is 0 Å². The number of hydrogen-bond acceptors (Lipinski definition) is 7. The van der Waals surface area contributed by atoms with Gasteiger partial charge in [0.1, 0.15) is 11.6 Å². The van der Waals surface area contributed by atoms with Gasteiger partial charge >= 0.3 is 0 Å². The van der Waals surface area contributed by atoms with Crippen molar-refractivity contribution in [2.24, 2.45) is 0 Å². The highest BCUT2D eigenvalue weighted by Crippen LogP contribution is 2.21. The van der Waals surface area contributed by atoms with Gasteiger partial charge in [0.15, 0.2) is 9.84 Å². The van der Waals surface area contributed by atoms with Gasteiger partial charge in [-0.05, 0) is 77.8 Å². The fraction of sp³-hybridized carbons (Fsp3) is 0.864. The first kappa shape index (κ1) is 23.4. The standard InChI is InChI=1S/C22H39N5O2S/c23-9-20-30(28,29)21-22-26(16-7-14-24-10-3-1-4-11-24)18-19-27(22)17-8-15-25-12-5-2-6-13-25/h21H,1-8,10-20H2. The molecule has 7 nitrogen and oxygen atoms in total. The van der Waals surface area contributed by atoms with Crippen LogP contribution in [-0.2, 0) is 9.84 Å². The Bertz CT molecular complexity index is 657. The molecule has 0 N–H and O–H groups in total. The number of nitrogens with zero attached hydrogens (tertiary/aromatic N) is 5. The molecule has 3 fully saturated rings. The summed E-state index contributed by atoms with van der Waals surface area (Å²) in [5.41, 5.74) is 0. The van der Waals surface area contributed by atoms with Crippen molar-refractivity contribution in [1.82, 2.24) is 19.6 Å². The molecule has 3 aliphatic rings. The van der Waals surface area contributed by atoms with E-state index in [1.54, 1.807) is 6.07 Å². The zero-order valence-corrected chi connectivity index (χ0v) is 19.3. The van der Waals surface area contributed by atoms with E-state index in [9.17, 15) is 8.42 Å². The molecule has 0 atom stereocenters. The highest BCUT2D eigenvalue weighted by Gasteiger charge is 2.27. The Morgan fingerprint density at radius 3 is 1.63 bits per heavy atom. The van der Waals surface area contributed by atoms with Gasteiger partial charge in [0.05, 0.1) is 11.5 Å². The van der Waals surface area contributed by atoms with Gasteiger partial charge in [-0.3, -0.25) is 0 Å². The lowest BCUT2D eigenvalue weighted by Gasteiger charge is -2.29. The Morgan fingerprint density at radius 1 is 0.733 bits per heavy atom. The van der Waals surface area contributed by atoms with Crippen LogP contribution in [0.15, 0.2) is 11.2 Å². The van der Waals surface area contributed by atoms with E-state index in [2.05, 4.69) is 19.6 Å². The maximum Gasteiger partial charge on any atom is 0.188 e. The monoisotopic (exact) mass is 437 g/mol. The second-order valence-electron chi connectivity index (χ2n) is 8.93. The molecule has 0 unspecified atom stereocenters. The van der Waals surface area contributed by atoms with Crippen molar-refractivity contribution in [3.63, 3.8) is 0 Å². The molecule has 0 aromatic rings. The fourth-order valence-corrected chi connectivity index (χ4v) is 5.78. The molecular weight excluding hydrogens is 398 g/mol. The minimum Gasteiger partial charge on any atom is -0.356 e. The van der Waals surface area contributed by atoms with Crippen LogP contribution in [0.1, 0.15) is 51.4 Å². The number of nitriles is 1. The summed E-state index contributed by atoms with van der Waals surface area (Å²) in [6, 6.07) is 1.80. The van der Waals surface area contributed by atoms with Gasteiger partial charge in [-0.2, -0.15) is 5.26 Å². The van der Waals surface area contributed by atoms with Crippen molar-refractivity contribution < 1.29 is 8.42 Å². The molecule has 0 aromatic carbocycles. The average Bonchev–Trinajstić information content (AvgIpc) is 3.10. The second-order valence-corrected chi connectivity index (χ2v) is 10.8. The van der Waals surface area contributed by atoms with Crippen molar-refractivity contribution in [2.45, 2.75) is 51.4 Å². The van der Waals surface area contributed by atoms with Crippen LogP contribution in [0.4, 0.5) is 0 Å². The van der Waals surface area contributed by atoms with Gasteiger partial charge in [-0.15, -0.1) is 0 Å². The van der Waals surface area contributed by atoms with Crippen LogP contribution in [-0.4, -0.2) is 99.2 Å². The first-order chi connectivity index (χ1) is 14.6. The number of piperidine rings is 2. The molecule has 8 heteroatoms. The minimum absolute atomic E-state index is 0.445. The summed E-state index contributed by atoms with van der Waals surface area (Å²) >= 11 is 0. The Kier molecular flexibility index (Phi) is 9.28. The second kappa shape index (κ2) is 11.9. The Morgan fingerprint density at radius 2 is 1.20 bits per heavy atom. The molecule has 0 bridgehead atoms. The SMILES string of the molecule is N#CCS(=O)(=O)C=C1N(CCCN2CCCCC2)CCN1CCCN1CCCCC1. The summed E-state index contributed by atoms with van der Waals surface area (Å²) in [6.45, 7) is 10.5. The molecule has 3 heterocycles. The van der Waals surface area contributed by atoms with Gasteiger partial charge in [-0.1, -0.05) is 12.8 Å². The molecule has 0 spiro atoms. The van der Waals surface area contributed by atoms with Crippen LogP contribution in [0.5, 0.6) is 0 Å². The maximum atomic E-state index is 12.4. The average molecular weight is 438 g/mol. The van der Waals surface area contributed by atoms with Gasteiger partial charge < -0.3 is 19.6 Å². The lowest BCUT2D eigenvalue weighted by molar-refractivity contribution is 0.210. The molecule has 0 amide bonds. The van der Waals surface area contributed by atoms with Crippen LogP contribution in [0.3, 0.4) is 0 Å². The van der Waals surface area contributed by atoms with E-state index >= 15 is 0 Å². The first-order valence-corrected chi connectivity index (χ1v) is 13.5. The van der Waals surface area contributed by atoms with Crippen LogP contribution < -0.4 is 0 Å². The number of hydrogen-bond donors (Lipinski definition) is 0. The quantitative estimate of drug-likeness (QED) is 0.518. The zero-order chi connectivity index (χ0) is 21.2. The van der Waals surface area contributed by atoms with Gasteiger partial charge in [0.2, 0.25) is 0 Å². The largest absolute Gasteiger partial charge is 0.356 e. The van der Waals surface area contributed by atoms with E-state index in [1.165, 1.54) is 70.1 Å². The summed E-state index contributed by atoms with van der Waals surface area (Å²) < 4.78 is 24.7. The third kappa shape index (κ3) is 7.44.